The number of benzene rings is 3. The van der Waals surface area contributed by atoms with Crippen LogP contribution in [0.25, 0.3) is 5.57 Å². The number of carboxylic acid groups (broad SMARTS) is 1. The van der Waals surface area contributed by atoms with Crippen LogP contribution in [0.5, 0.6) is 11.5 Å². The van der Waals surface area contributed by atoms with Gasteiger partial charge in [0.05, 0.1) is 11.1 Å². The number of carbonyl (C=O) groups excluding carboxylic acids is 1. The van der Waals surface area contributed by atoms with E-state index in [9.17, 15) is 14.7 Å². The van der Waals surface area contributed by atoms with E-state index in [4.69, 9.17) is 4.74 Å². The summed E-state index contributed by atoms with van der Waals surface area (Å²) in [5.74, 6) is 0.552. The standard InChI is InChI=1S/C36H36N2O4/c1-20(2)33(39)23-11-12-24(27(19-23)36(40)41)30-28-17-21-7-3-13-37-15-5-9-25(31(21)37)34(28)42-35-26-10-6-16-38-14-4-8-22(32(26)38)18-29(30)35/h11-12,17-20H,3-10,13-16H2,1-2H3/p+1. The lowest BCUT2D eigenvalue weighted by atomic mass is 9.81. The number of fused-ring (bicyclic) bond motifs is 4. The molecule has 8 rings (SSSR count). The summed E-state index contributed by atoms with van der Waals surface area (Å²) in [7, 11) is 0. The van der Waals surface area contributed by atoms with Crippen LogP contribution in [0.3, 0.4) is 0 Å². The van der Waals surface area contributed by atoms with E-state index in [2.05, 4.69) is 21.6 Å². The molecular formula is C36H37N2O4+. The summed E-state index contributed by atoms with van der Waals surface area (Å²) in [6.45, 7) is 8.02. The first kappa shape index (κ1) is 25.8. The quantitative estimate of drug-likeness (QED) is 0.290. The van der Waals surface area contributed by atoms with Crippen LogP contribution in [-0.4, -0.2) is 43.0 Å². The fourth-order valence-corrected chi connectivity index (χ4v) is 8.23. The van der Waals surface area contributed by atoms with Crippen molar-refractivity contribution in [3.63, 3.8) is 0 Å². The summed E-state index contributed by atoms with van der Waals surface area (Å²) in [4.78, 5) is 28.3. The summed E-state index contributed by atoms with van der Waals surface area (Å²) < 4.78 is 9.62. The predicted molar refractivity (Wildman–Crippen MR) is 163 cm³/mol. The zero-order chi connectivity index (χ0) is 28.7. The number of anilines is 1. The molecule has 0 radical (unpaired) electrons. The van der Waals surface area contributed by atoms with E-state index < -0.39 is 5.97 Å². The molecule has 0 aliphatic carbocycles. The molecule has 0 unspecified atom stereocenters. The first-order valence-electron chi connectivity index (χ1n) is 15.8. The van der Waals surface area contributed by atoms with Crippen LogP contribution < -0.4 is 24.8 Å². The molecule has 5 aliphatic rings. The van der Waals surface area contributed by atoms with Gasteiger partial charge in [-0.2, -0.15) is 0 Å². The van der Waals surface area contributed by atoms with Gasteiger partial charge in [-0.25, -0.2) is 9.37 Å². The molecule has 5 aliphatic heterocycles. The number of carboxylic acids is 1. The average molecular weight is 562 g/mol. The maximum atomic E-state index is 12.9. The summed E-state index contributed by atoms with van der Waals surface area (Å²) in [5.41, 5.74) is 9.81. The van der Waals surface area contributed by atoms with Crippen molar-refractivity contribution >= 4 is 23.0 Å². The Kier molecular flexibility index (Phi) is 5.86. The Morgan fingerprint density at radius 3 is 2.38 bits per heavy atom. The molecule has 0 saturated carbocycles. The molecule has 0 bridgehead atoms. The van der Waals surface area contributed by atoms with Gasteiger partial charge in [-0.05, 0) is 67.9 Å². The summed E-state index contributed by atoms with van der Waals surface area (Å²) in [6, 6.07) is 9.87. The maximum absolute atomic E-state index is 12.9. The Bertz CT molecular complexity index is 1850. The van der Waals surface area contributed by atoms with E-state index in [0.717, 1.165) is 105 Å². The predicted octanol–water partition coefficient (Wildman–Crippen LogP) is 4.66. The van der Waals surface area contributed by atoms with Crippen molar-refractivity contribution in [2.24, 2.45) is 5.92 Å². The molecule has 214 valence electrons. The van der Waals surface area contributed by atoms with Gasteiger partial charge in [-0.3, -0.25) is 4.79 Å². The number of aromatic carboxylic acids is 1. The number of aryl methyl sites for hydroxylation is 2. The molecule has 0 fully saturated rings. The number of Topliss-reactive ketones (excluding diaryl/α,β-unsaturated/α-hetero) is 1. The van der Waals surface area contributed by atoms with E-state index in [-0.39, 0.29) is 17.3 Å². The van der Waals surface area contributed by atoms with E-state index >= 15 is 0 Å². The third-order valence-electron chi connectivity index (χ3n) is 10.0. The lowest BCUT2D eigenvalue weighted by molar-refractivity contribution is 0.0696. The second-order valence-electron chi connectivity index (χ2n) is 12.9. The van der Waals surface area contributed by atoms with Crippen molar-refractivity contribution in [2.75, 3.05) is 31.1 Å². The van der Waals surface area contributed by atoms with Crippen molar-refractivity contribution in [3.8, 4) is 11.5 Å². The van der Waals surface area contributed by atoms with Crippen molar-refractivity contribution in [1.82, 2.24) is 4.58 Å². The van der Waals surface area contributed by atoms with Gasteiger partial charge < -0.3 is 14.7 Å². The monoisotopic (exact) mass is 561 g/mol. The highest BCUT2D eigenvalue weighted by Crippen LogP contribution is 2.48. The molecule has 1 N–H and O–H groups in total. The Balaban J connectivity index is 1.50. The Hall–Kier alpha value is -3.93. The Labute approximate surface area is 245 Å². The molecule has 0 atom stereocenters. The summed E-state index contributed by atoms with van der Waals surface area (Å²) in [6.07, 6.45) is 8.39. The molecule has 0 amide bonds. The highest BCUT2D eigenvalue weighted by atomic mass is 16.5. The minimum Gasteiger partial charge on any atom is -0.478 e. The number of hydrogen-bond acceptors (Lipinski definition) is 4. The molecule has 3 aromatic rings. The van der Waals surface area contributed by atoms with Gasteiger partial charge in [0.15, 0.2) is 5.78 Å². The molecule has 0 aromatic heterocycles. The SMILES string of the molecule is CC(C)C(=O)c1ccc(C2=c3cc4c5c(c3Oc3c2cc2c6c3CCCN6CCC2)CCC[N+]=5CCC4)c(C(=O)O)c1. The van der Waals surface area contributed by atoms with Crippen LogP contribution in [-0.2, 0) is 25.7 Å². The van der Waals surface area contributed by atoms with Crippen molar-refractivity contribution in [1.29, 1.82) is 0 Å². The van der Waals surface area contributed by atoms with E-state index in [1.54, 1.807) is 6.07 Å². The zero-order valence-corrected chi connectivity index (χ0v) is 24.5. The number of rotatable bonds is 4. The van der Waals surface area contributed by atoms with Crippen LogP contribution in [0, 0.1) is 5.92 Å². The van der Waals surface area contributed by atoms with Gasteiger partial charge >= 0.3 is 5.97 Å². The van der Waals surface area contributed by atoms with Crippen molar-refractivity contribution < 1.29 is 19.4 Å². The fraction of sp³-hybridized carbons (Fsp3) is 0.417. The van der Waals surface area contributed by atoms with Gasteiger partial charge in [0.2, 0.25) is 5.36 Å². The second kappa shape index (κ2) is 9.55. The van der Waals surface area contributed by atoms with Crippen LogP contribution in [0.1, 0.15) is 93.6 Å². The molecule has 42 heavy (non-hydrogen) atoms. The van der Waals surface area contributed by atoms with Crippen LogP contribution in [0.2, 0.25) is 0 Å². The summed E-state index contributed by atoms with van der Waals surface area (Å²) >= 11 is 0. The number of carbonyl (C=O) groups is 2. The molecule has 3 aromatic carbocycles. The van der Waals surface area contributed by atoms with Gasteiger partial charge in [-0.1, -0.05) is 26.0 Å². The first-order valence-corrected chi connectivity index (χ1v) is 15.8. The van der Waals surface area contributed by atoms with Gasteiger partial charge in [0.1, 0.15) is 24.6 Å². The normalized spacial score (nSPS) is 18.1. The Morgan fingerprint density at radius 2 is 1.60 bits per heavy atom. The van der Waals surface area contributed by atoms with Crippen LogP contribution in [0.4, 0.5) is 5.69 Å². The van der Waals surface area contributed by atoms with Crippen LogP contribution >= 0.6 is 0 Å². The van der Waals surface area contributed by atoms with Crippen LogP contribution in [0.15, 0.2) is 30.3 Å². The Morgan fingerprint density at radius 1 is 0.857 bits per heavy atom. The molecule has 0 saturated heterocycles. The second-order valence-corrected chi connectivity index (χ2v) is 12.9. The topological polar surface area (TPSA) is 69.8 Å². The molecular weight excluding hydrogens is 524 g/mol. The third kappa shape index (κ3) is 3.73. The largest absolute Gasteiger partial charge is 0.478 e. The number of hydrogen-bond donors (Lipinski definition) is 1. The summed E-state index contributed by atoms with van der Waals surface area (Å²) in [5, 5.41) is 12.9. The van der Waals surface area contributed by atoms with Crippen molar-refractivity contribution in [3.05, 3.63) is 85.4 Å². The number of nitrogens with zero attached hydrogens (tertiary/aromatic N) is 2. The van der Waals surface area contributed by atoms with Crippen molar-refractivity contribution in [2.45, 2.75) is 65.2 Å². The lowest BCUT2D eigenvalue weighted by Crippen LogP contribution is -2.45. The first-order chi connectivity index (χ1) is 20.4. The minimum absolute atomic E-state index is 0.0426. The molecule has 5 heterocycles. The molecule has 6 heteroatoms. The maximum Gasteiger partial charge on any atom is 0.336 e. The van der Waals surface area contributed by atoms with Gasteiger partial charge in [0.25, 0.3) is 0 Å². The zero-order valence-electron chi connectivity index (χ0n) is 24.5. The smallest absolute Gasteiger partial charge is 0.336 e. The average Bonchev–Trinajstić information content (AvgIpc) is 3.00. The minimum atomic E-state index is -1.01. The van der Waals surface area contributed by atoms with Gasteiger partial charge in [0, 0.05) is 70.6 Å². The highest BCUT2D eigenvalue weighted by Gasteiger charge is 2.36. The third-order valence-corrected chi connectivity index (χ3v) is 10.0. The van der Waals surface area contributed by atoms with E-state index in [1.165, 1.54) is 33.3 Å². The van der Waals surface area contributed by atoms with Gasteiger partial charge in [-0.15, -0.1) is 0 Å². The van der Waals surface area contributed by atoms with E-state index in [0.29, 0.717) is 11.1 Å². The fourth-order valence-electron chi connectivity index (χ4n) is 8.23. The van der Waals surface area contributed by atoms with E-state index in [1.807, 2.05) is 26.0 Å². The lowest BCUT2D eigenvalue weighted by Gasteiger charge is -2.39. The number of ketones is 1. The molecule has 6 nitrogen and oxygen atoms in total. The molecule has 0 spiro atoms. The number of ether oxygens (including phenoxy) is 1. The highest BCUT2D eigenvalue weighted by molar-refractivity contribution is 6.04.